The van der Waals surface area contributed by atoms with Crippen LogP contribution in [0, 0.1) is 11.8 Å². The molecular formula is C27H37N3O5. The zero-order valence-corrected chi connectivity index (χ0v) is 20.8. The Morgan fingerprint density at radius 1 is 1.03 bits per heavy atom. The van der Waals surface area contributed by atoms with Gasteiger partial charge in [-0.05, 0) is 55.7 Å². The highest BCUT2D eigenvalue weighted by atomic mass is 16.5. The van der Waals surface area contributed by atoms with Gasteiger partial charge in [0.05, 0.1) is 25.5 Å². The first kappa shape index (κ1) is 25.1. The van der Waals surface area contributed by atoms with E-state index in [1.165, 1.54) is 19.3 Å². The Morgan fingerprint density at radius 3 is 2.20 bits per heavy atom. The van der Waals surface area contributed by atoms with Gasteiger partial charge in [0.25, 0.3) is 5.91 Å². The standard InChI is InChI=1S/C27H37N3O5/c1-34-22-14-9-15-23(35-2)24(22)21-16-20(29-30(21)17-18-10-5-3-6-11-18)26(31)28-25(27(32)33)19-12-7-4-8-13-19/h9,14-16,18-19,25H,3-8,10-13,17H2,1-2H3,(H,28,31)(H,32,33)/t25-/m0/s1. The summed E-state index contributed by atoms with van der Waals surface area (Å²) in [5.41, 5.74) is 1.69. The monoisotopic (exact) mass is 483 g/mol. The molecule has 2 fully saturated rings. The summed E-state index contributed by atoms with van der Waals surface area (Å²) in [6.45, 7) is 0.689. The van der Waals surface area contributed by atoms with Crippen molar-refractivity contribution in [2.75, 3.05) is 14.2 Å². The van der Waals surface area contributed by atoms with Crippen molar-refractivity contribution in [1.82, 2.24) is 15.1 Å². The van der Waals surface area contributed by atoms with E-state index < -0.39 is 17.9 Å². The fourth-order valence-electron chi connectivity index (χ4n) is 5.65. The van der Waals surface area contributed by atoms with Gasteiger partial charge in [0, 0.05) is 6.54 Å². The van der Waals surface area contributed by atoms with Gasteiger partial charge in [-0.25, -0.2) is 4.79 Å². The van der Waals surface area contributed by atoms with Crippen molar-refractivity contribution in [3.05, 3.63) is 30.0 Å². The second-order valence-electron chi connectivity index (χ2n) is 9.83. The maximum absolute atomic E-state index is 13.3. The SMILES string of the molecule is COc1cccc(OC)c1-c1cc(C(=O)N[C@H](C(=O)O)C2CCCCC2)nn1CC1CCCCC1. The Labute approximate surface area is 207 Å². The Kier molecular flexibility index (Phi) is 8.31. The molecule has 1 aromatic carbocycles. The van der Waals surface area contributed by atoms with Crippen molar-refractivity contribution in [2.45, 2.75) is 76.8 Å². The number of aliphatic carboxylic acids is 1. The molecule has 0 unspecified atom stereocenters. The minimum atomic E-state index is -0.987. The molecule has 8 heteroatoms. The summed E-state index contributed by atoms with van der Waals surface area (Å²) < 4.78 is 13.1. The van der Waals surface area contributed by atoms with Crippen LogP contribution in [0.3, 0.4) is 0 Å². The molecule has 4 rings (SSSR count). The first-order chi connectivity index (χ1) is 17.0. The molecule has 2 saturated carbocycles. The van der Waals surface area contributed by atoms with E-state index >= 15 is 0 Å². The smallest absolute Gasteiger partial charge is 0.326 e. The predicted molar refractivity (Wildman–Crippen MR) is 133 cm³/mol. The number of ether oxygens (including phenoxy) is 2. The third-order valence-corrected chi connectivity index (χ3v) is 7.53. The number of hydrogen-bond acceptors (Lipinski definition) is 5. The molecule has 1 amide bonds. The van der Waals surface area contributed by atoms with Gasteiger partial charge in [-0.15, -0.1) is 0 Å². The zero-order valence-electron chi connectivity index (χ0n) is 20.8. The van der Waals surface area contributed by atoms with Crippen LogP contribution in [-0.2, 0) is 11.3 Å². The molecular weight excluding hydrogens is 446 g/mol. The summed E-state index contributed by atoms with van der Waals surface area (Å²) >= 11 is 0. The molecule has 35 heavy (non-hydrogen) atoms. The summed E-state index contributed by atoms with van der Waals surface area (Å²) in [5.74, 6) is 0.244. The van der Waals surface area contributed by atoms with Crippen LogP contribution in [-0.4, -0.2) is 47.0 Å². The highest BCUT2D eigenvalue weighted by Gasteiger charge is 2.32. The summed E-state index contributed by atoms with van der Waals surface area (Å²) in [7, 11) is 3.21. The Hall–Kier alpha value is -3.03. The van der Waals surface area contributed by atoms with Gasteiger partial charge >= 0.3 is 5.97 Å². The molecule has 2 aliphatic rings. The molecule has 190 valence electrons. The van der Waals surface area contributed by atoms with Crippen LogP contribution >= 0.6 is 0 Å². The second-order valence-corrected chi connectivity index (χ2v) is 9.83. The van der Waals surface area contributed by atoms with Crippen molar-refractivity contribution in [1.29, 1.82) is 0 Å². The Balaban J connectivity index is 1.68. The molecule has 0 aliphatic heterocycles. The summed E-state index contributed by atoms with van der Waals surface area (Å²) in [6.07, 6.45) is 10.7. The van der Waals surface area contributed by atoms with E-state index in [2.05, 4.69) is 10.4 Å². The molecule has 1 aromatic heterocycles. The lowest BCUT2D eigenvalue weighted by atomic mass is 9.84. The molecule has 1 heterocycles. The number of nitrogens with one attached hydrogen (secondary N) is 1. The average molecular weight is 484 g/mol. The molecule has 0 radical (unpaired) electrons. The van der Waals surface area contributed by atoms with Gasteiger partial charge < -0.3 is 19.9 Å². The van der Waals surface area contributed by atoms with E-state index in [0.29, 0.717) is 24.0 Å². The average Bonchev–Trinajstić information content (AvgIpc) is 3.30. The maximum atomic E-state index is 13.3. The van der Waals surface area contributed by atoms with Gasteiger partial charge in [-0.1, -0.05) is 44.6 Å². The van der Waals surface area contributed by atoms with Crippen molar-refractivity contribution >= 4 is 11.9 Å². The molecule has 0 spiro atoms. The van der Waals surface area contributed by atoms with Gasteiger partial charge in [0.1, 0.15) is 17.5 Å². The lowest BCUT2D eigenvalue weighted by molar-refractivity contribution is -0.141. The molecule has 1 atom stereocenters. The number of benzene rings is 1. The summed E-state index contributed by atoms with van der Waals surface area (Å²) in [4.78, 5) is 25.3. The molecule has 0 bridgehead atoms. The number of rotatable bonds is 9. The number of carbonyl (C=O) groups is 2. The zero-order chi connectivity index (χ0) is 24.8. The quantitative estimate of drug-likeness (QED) is 0.525. The van der Waals surface area contributed by atoms with Crippen molar-refractivity contribution in [3.8, 4) is 22.8 Å². The number of hydrogen-bond donors (Lipinski definition) is 2. The number of nitrogens with zero attached hydrogens (tertiary/aromatic N) is 2. The van der Waals surface area contributed by atoms with Gasteiger partial charge in [0.2, 0.25) is 0 Å². The summed E-state index contributed by atoms with van der Waals surface area (Å²) in [6, 6.07) is 6.41. The number of methoxy groups -OCH3 is 2. The molecule has 8 nitrogen and oxygen atoms in total. The molecule has 2 N–H and O–H groups in total. The third kappa shape index (κ3) is 5.80. The van der Waals surface area contributed by atoms with Crippen molar-refractivity contribution in [3.63, 3.8) is 0 Å². The second kappa shape index (κ2) is 11.6. The largest absolute Gasteiger partial charge is 0.496 e. The van der Waals surface area contributed by atoms with Gasteiger partial charge in [-0.2, -0.15) is 5.10 Å². The van der Waals surface area contributed by atoms with Crippen LogP contribution in [0.25, 0.3) is 11.3 Å². The number of carbonyl (C=O) groups excluding carboxylic acids is 1. The molecule has 2 aliphatic carbocycles. The van der Waals surface area contributed by atoms with Crippen LogP contribution in [0.1, 0.15) is 74.7 Å². The minimum absolute atomic E-state index is 0.0525. The molecule has 2 aromatic rings. The van der Waals surface area contributed by atoms with Gasteiger partial charge in [0.15, 0.2) is 5.69 Å². The van der Waals surface area contributed by atoms with Crippen LogP contribution in [0.4, 0.5) is 0 Å². The fourth-order valence-corrected chi connectivity index (χ4v) is 5.65. The van der Waals surface area contributed by atoms with E-state index in [1.807, 2.05) is 22.9 Å². The molecule has 0 saturated heterocycles. The van der Waals surface area contributed by atoms with Crippen LogP contribution in [0.2, 0.25) is 0 Å². The topological polar surface area (TPSA) is 103 Å². The van der Waals surface area contributed by atoms with Crippen molar-refractivity contribution < 1.29 is 24.2 Å². The van der Waals surface area contributed by atoms with Crippen LogP contribution < -0.4 is 14.8 Å². The maximum Gasteiger partial charge on any atom is 0.326 e. The number of carboxylic acids is 1. The Bertz CT molecular complexity index is 1000. The predicted octanol–water partition coefficient (Wildman–Crippen LogP) is 4.91. The first-order valence-corrected chi connectivity index (χ1v) is 12.8. The van der Waals surface area contributed by atoms with Crippen LogP contribution in [0.15, 0.2) is 24.3 Å². The van der Waals surface area contributed by atoms with E-state index in [9.17, 15) is 14.7 Å². The lowest BCUT2D eigenvalue weighted by Crippen LogP contribution is -2.46. The van der Waals surface area contributed by atoms with E-state index in [0.717, 1.165) is 56.2 Å². The van der Waals surface area contributed by atoms with E-state index in [-0.39, 0.29) is 11.6 Å². The number of aromatic nitrogens is 2. The van der Waals surface area contributed by atoms with Crippen molar-refractivity contribution in [2.24, 2.45) is 11.8 Å². The first-order valence-electron chi connectivity index (χ1n) is 12.8. The number of amides is 1. The Morgan fingerprint density at radius 2 is 1.63 bits per heavy atom. The lowest BCUT2D eigenvalue weighted by Gasteiger charge is -2.27. The fraction of sp³-hybridized carbons (Fsp3) is 0.593. The summed E-state index contributed by atoms with van der Waals surface area (Å²) in [5, 5.41) is 17.3. The van der Waals surface area contributed by atoms with E-state index in [1.54, 1.807) is 20.3 Å². The van der Waals surface area contributed by atoms with E-state index in [4.69, 9.17) is 9.47 Å². The van der Waals surface area contributed by atoms with Crippen LogP contribution in [0.5, 0.6) is 11.5 Å². The van der Waals surface area contributed by atoms with Gasteiger partial charge in [-0.3, -0.25) is 9.48 Å². The third-order valence-electron chi connectivity index (χ3n) is 7.53. The minimum Gasteiger partial charge on any atom is -0.496 e. The normalized spacial score (nSPS) is 18.1. The highest BCUT2D eigenvalue weighted by molar-refractivity contribution is 5.96. The number of carboxylic acid groups (broad SMARTS) is 1. The highest BCUT2D eigenvalue weighted by Crippen LogP contribution is 2.39.